The van der Waals surface area contributed by atoms with Gasteiger partial charge < -0.3 is 0 Å². The average Bonchev–Trinajstić information content (AvgIpc) is 3.01. The highest BCUT2D eigenvalue weighted by Gasteiger charge is 2.48. The third-order valence-corrected chi connectivity index (χ3v) is 8.82. The Hall–Kier alpha value is -0.820. The molecule has 5 saturated carbocycles. The minimum absolute atomic E-state index is 0.800. The third-order valence-electron chi connectivity index (χ3n) is 7.79. The van der Waals surface area contributed by atoms with Crippen LogP contribution < -0.4 is 0 Å². The fraction of sp³-hybridized carbons (Fsp3) is 0.704. The Balaban J connectivity index is 0.000000106. The fourth-order valence-electron chi connectivity index (χ4n) is 6.96. The van der Waals surface area contributed by atoms with Gasteiger partial charge in [-0.2, -0.15) is 0 Å². The summed E-state index contributed by atoms with van der Waals surface area (Å²) in [5.74, 6) is 4.47. The van der Waals surface area contributed by atoms with Gasteiger partial charge in [-0.1, -0.05) is 64.2 Å². The van der Waals surface area contributed by atoms with E-state index in [4.69, 9.17) is 0 Å². The maximum atomic E-state index is 2.54. The van der Waals surface area contributed by atoms with Gasteiger partial charge in [0.05, 0.1) is 0 Å². The van der Waals surface area contributed by atoms with E-state index in [-0.39, 0.29) is 0 Å². The molecule has 0 nitrogen and oxygen atoms in total. The minimum atomic E-state index is 0.800. The van der Waals surface area contributed by atoms with Crippen molar-refractivity contribution in [3.05, 3.63) is 35.2 Å². The van der Waals surface area contributed by atoms with Crippen LogP contribution in [-0.2, 0) is 0 Å². The van der Waals surface area contributed by atoms with Gasteiger partial charge in [-0.25, -0.2) is 0 Å². The fourth-order valence-corrected chi connectivity index (χ4v) is 7.89. The van der Waals surface area contributed by atoms with Crippen LogP contribution in [0.4, 0.5) is 0 Å². The van der Waals surface area contributed by atoms with Crippen molar-refractivity contribution in [2.75, 3.05) is 0 Å². The zero-order valence-electron chi connectivity index (χ0n) is 18.4. The zero-order chi connectivity index (χ0) is 19.6. The van der Waals surface area contributed by atoms with E-state index in [0.29, 0.717) is 0 Å². The molecule has 4 bridgehead atoms. The van der Waals surface area contributed by atoms with Gasteiger partial charge in [0.25, 0.3) is 0 Å². The Morgan fingerprint density at radius 3 is 1.89 bits per heavy atom. The molecule has 0 amide bonds. The number of benzene rings is 1. The summed E-state index contributed by atoms with van der Waals surface area (Å²) in [6, 6.07) is 10.7. The van der Waals surface area contributed by atoms with E-state index in [9.17, 15) is 0 Å². The molecule has 0 saturated heterocycles. The lowest BCUT2D eigenvalue weighted by Gasteiger charge is -2.55. The first-order valence-corrected chi connectivity index (χ1v) is 12.8. The van der Waals surface area contributed by atoms with E-state index in [0.717, 1.165) is 29.1 Å². The van der Waals surface area contributed by atoms with E-state index >= 15 is 0 Å². The highest BCUT2D eigenvalue weighted by atomic mass is 32.1. The summed E-state index contributed by atoms with van der Waals surface area (Å²) < 4.78 is 1.39. The Kier molecular flexibility index (Phi) is 6.50. The second kappa shape index (κ2) is 8.90. The van der Waals surface area contributed by atoms with Gasteiger partial charge in [-0.05, 0) is 92.1 Å². The van der Waals surface area contributed by atoms with Crippen molar-refractivity contribution in [1.29, 1.82) is 0 Å². The molecule has 5 aliphatic carbocycles. The molecule has 0 aliphatic heterocycles. The smallest absolute Gasteiger partial charge is 0.0345 e. The predicted octanol–water partition coefficient (Wildman–Crippen LogP) is 9.02. The molecule has 1 heterocycles. The van der Waals surface area contributed by atoms with Crippen molar-refractivity contribution in [2.24, 2.45) is 29.1 Å². The summed E-state index contributed by atoms with van der Waals surface area (Å²) >= 11 is 1.85. The highest BCUT2D eigenvalue weighted by molar-refractivity contribution is 7.19. The molecule has 2 aromatic rings. The number of hydrogen-bond acceptors (Lipinski definition) is 1. The maximum absolute atomic E-state index is 2.54. The van der Waals surface area contributed by atoms with Crippen LogP contribution in [0.5, 0.6) is 0 Å². The lowest BCUT2D eigenvalue weighted by atomic mass is 9.50. The first kappa shape index (κ1) is 20.5. The number of thiophene rings is 1. The van der Waals surface area contributed by atoms with Crippen LogP contribution in [0, 0.1) is 36.0 Å². The van der Waals surface area contributed by atoms with Gasteiger partial charge in [0.1, 0.15) is 0 Å². The van der Waals surface area contributed by atoms with E-state index in [1.807, 2.05) is 11.3 Å². The number of fused-ring (bicyclic) bond motifs is 1. The molecule has 28 heavy (non-hydrogen) atoms. The summed E-state index contributed by atoms with van der Waals surface area (Å²) in [5.41, 5.74) is 0.800. The van der Waals surface area contributed by atoms with Crippen molar-refractivity contribution in [3.63, 3.8) is 0 Å². The number of aryl methyl sites for hydroxylation is 1. The van der Waals surface area contributed by atoms with Crippen molar-refractivity contribution in [1.82, 2.24) is 0 Å². The molecule has 7 rings (SSSR count). The van der Waals surface area contributed by atoms with Gasteiger partial charge in [-0.3, -0.25) is 0 Å². The normalized spacial score (nSPS) is 33.8. The lowest BCUT2D eigenvalue weighted by molar-refractivity contribution is -0.0411. The lowest BCUT2D eigenvalue weighted by Crippen LogP contribution is -2.44. The van der Waals surface area contributed by atoms with E-state index in [1.54, 1.807) is 38.5 Å². The van der Waals surface area contributed by atoms with Gasteiger partial charge in [-0.15, -0.1) is 11.3 Å². The van der Waals surface area contributed by atoms with Crippen LogP contribution in [0.2, 0.25) is 0 Å². The molecular weight excluding hydrogens is 356 g/mol. The Bertz CT molecular complexity index is 680. The van der Waals surface area contributed by atoms with E-state index in [1.165, 1.54) is 47.1 Å². The molecule has 0 spiro atoms. The van der Waals surface area contributed by atoms with Crippen molar-refractivity contribution >= 4 is 21.4 Å². The monoisotopic (exact) mass is 396 g/mol. The van der Waals surface area contributed by atoms with Gasteiger partial charge in [0.15, 0.2) is 0 Å². The van der Waals surface area contributed by atoms with Gasteiger partial charge >= 0.3 is 0 Å². The Labute approximate surface area is 177 Å². The average molecular weight is 397 g/mol. The minimum Gasteiger partial charge on any atom is -0.141 e. The van der Waals surface area contributed by atoms with Crippen LogP contribution >= 0.6 is 11.3 Å². The molecule has 1 aromatic carbocycles. The standard InChI is InChI=1S/C11H18.C9H8S.C7H14/c1-11-5-8-2-9(6-11)4-10(3-8)7-11;1-7-6-8-4-2-3-5-9(8)10-7;1-7-5-3-2-4-6-7/h8-10H,2-7H2,1H3;2-6H,1H3;7H,2-6H2,1H3. The molecule has 1 aromatic heterocycles. The number of rotatable bonds is 0. The van der Waals surface area contributed by atoms with Crippen LogP contribution in [-0.4, -0.2) is 0 Å². The summed E-state index contributed by atoms with van der Waals surface area (Å²) in [6.07, 6.45) is 16.9. The van der Waals surface area contributed by atoms with Crippen LogP contribution in [0.25, 0.3) is 10.1 Å². The van der Waals surface area contributed by atoms with Crippen LogP contribution in [0.15, 0.2) is 30.3 Å². The summed E-state index contributed by atoms with van der Waals surface area (Å²) in [4.78, 5) is 1.39. The molecule has 0 N–H and O–H groups in total. The van der Waals surface area contributed by atoms with E-state index in [2.05, 4.69) is 51.1 Å². The molecule has 154 valence electrons. The summed E-state index contributed by atoms with van der Waals surface area (Å²) in [7, 11) is 0. The van der Waals surface area contributed by atoms with Gasteiger partial charge in [0, 0.05) is 9.58 Å². The SMILES string of the molecule is CC12CC3CC(CC(C3)C1)C2.CC1CCCCC1.Cc1cc2ccccc2s1. The predicted molar refractivity (Wildman–Crippen MR) is 125 cm³/mol. The quantitative estimate of drug-likeness (QED) is 0.416. The second-order valence-corrected chi connectivity index (χ2v) is 12.2. The summed E-state index contributed by atoms with van der Waals surface area (Å²) in [5, 5.41) is 1.37. The van der Waals surface area contributed by atoms with Crippen molar-refractivity contribution < 1.29 is 0 Å². The first-order chi connectivity index (χ1) is 13.5. The molecule has 0 atom stereocenters. The van der Waals surface area contributed by atoms with Crippen molar-refractivity contribution in [3.8, 4) is 0 Å². The number of hydrogen-bond donors (Lipinski definition) is 0. The van der Waals surface area contributed by atoms with Crippen molar-refractivity contribution in [2.45, 2.75) is 91.4 Å². The first-order valence-electron chi connectivity index (χ1n) is 11.9. The highest BCUT2D eigenvalue weighted by Crippen LogP contribution is 2.59. The molecule has 5 aliphatic rings. The maximum Gasteiger partial charge on any atom is 0.0345 e. The third kappa shape index (κ3) is 5.21. The summed E-state index contributed by atoms with van der Waals surface area (Å²) in [6.45, 7) is 7.04. The zero-order valence-corrected chi connectivity index (χ0v) is 19.2. The molecule has 1 heteroatoms. The molecular formula is C27H40S. The van der Waals surface area contributed by atoms with Crippen LogP contribution in [0.3, 0.4) is 0 Å². The second-order valence-electron chi connectivity index (χ2n) is 10.9. The Morgan fingerprint density at radius 1 is 0.857 bits per heavy atom. The molecule has 0 radical (unpaired) electrons. The molecule has 5 fully saturated rings. The largest absolute Gasteiger partial charge is 0.141 e. The van der Waals surface area contributed by atoms with E-state index < -0.39 is 0 Å². The molecule has 0 unspecified atom stereocenters. The Morgan fingerprint density at radius 2 is 1.43 bits per heavy atom. The van der Waals surface area contributed by atoms with Crippen LogP contribution in [0.1, 0.15) is 89.4 Å². The van der Waals surface area contributed by atoms with Gasteiger partial charge in [0.2, 0.25) is 0 Å². The topological polar surface area (TPSA) is 0 Å².